The molecule has 2 aromatic rings. The summed E-state index contributed by atoms with van der Waals surface area (Å²) in [4.78, 5) is 9.62. The summed E-state index contributed by atoms with van der Waals surface area (Å²) in [6.07, 6.45) is 0. The van der Waals surface area contributed by atoms with Crippen LogP contribution in [0.5, 0.6) is 0 Å². The highest BCUT2D eigenvalue weighted by Crippen LogP contribution is 2.19. The summed E-state index contributed by atoms with van der Waals surface area (Å²) in [5, 5.41) is 0. The molecule has 0 bridgehead atoms. The molecule has 1 aromatic heterocycles. The van der Waals surface area contributed by atoms with Crippen LogP contribution in [0.4, 0.5) is 10.3 Å². The van der Waals surface area contributed by atoms with E-state index < -0.39 is 0 Å². The molecule has 0 fully saturated rings. The number of nitrogens with one attached hydrogen (secondary N) is 1. The summed E-state index contributed by atoms with van der Waals surface area (Å²) in [6.45, 7) is 4.85. The first-order valence-corrected chi connectivity index (χ1v) is 6.13. The van der Waals surface area contributed by atoms with E-state index in [9.17, 15) is 4.39 Å². The quantitative estimate of drug-likeness (QED) is 0.851. The molecule has 2 rings (SSSR count). The Labute approximate surface area is 105 Å². The molecule has 0 radical (unpaired) electrons. The van der Waals surface area contributed by atoms with Crippen molar-refractivity contribution in [2.45, 2.75) is 19.9 Å². The average molecular weight is 256 g/mol. The van der Waals surface area contributed by atoms with Gasteiger partial charge in [0.25, 0.3) is 0 Å². The summed E-state index contributed by atoms with van der Waals surface area (Å²) in [6, 6.07) is 4.82. The van der Waals surface area contributed by atoms with Crippen LogP contribution in [0.15, 0.2) is 18.2 Å². The zero-order chi connectivity index (χ0) is 12.4. The molecule has 0 amide bonds. The van der Waals surface area contributed by atoms with Crippen LogP contribution in [-0.2, 0) is 0 Å². The van der Waals surface area contributed by atoms with Crippen LogP contribution in [0, 0.1) is 5.82 Å². The van der Waals surface area contributed by atoms with Gasteiger partial charge in [-0.2, -0.15) is 0 Å². The molecule has 0 aliphatic heterocycles. The molecule has 1 aromatic carbocycles. The smallest absolute Gasteiger partial charge is 0.204 e. The number of alkyl halides is 1. The van der Waals surface area contributed by atoms with Crippen LogP contribution >= 0.6 is 11.6 Å². The lowest BCUT2D eigenvalue weighted by Gasteiger charge is -2.24. The van der Waals surface area contributed by atoms with Crippen LogP contribution < -0.4 is 4.90 Å². The Hall–Kier alpha value is -1.29. The summed E-state index contributed by atoms with van der Waals surface area (Å²) in [5.41, 5.74) is 1.47. The summed E-state index contributed by atoms with van der Waals surface area (Å²) in [7, 11) is 0. The van der Waals surface area contributed by atoms with Crippen molar-refractivity contribution in [3.63, 3.8) is 0 Å². The van der Waals surface area contributed by atoms with Gasteiger partial charge in [0.1, 0.15) is 5.82 Å². The molecule has 0 aliphatic carbocycles. The SMILES string of the molecule is CC(C)N(CCCl)c1nc2ccc(F)cc2[nH]1. The van der Waals surface area contributed by atoms with Gasteiger partial charge < -0.3 is 9.88 Å². The second-order valence-corrected chi connectivity index (χ2v) is 4.58. The molecule has 0 saturated heterocycles. The average Bonchev–Trinajstić information content (AvgIpc) is 2.67. The summed E-state index contributed by atoms with van der Waals surface area (Å²) < 4.78 is 13.1. The van der Waals surface area contributed by atoms with E-state index in [1.165, 1.54) is 12.1 Å². The number of benzene rings is 1. The van der Waals surface area contributed by atoms with Crippen LogP contribution in [0.1, 0.15) is 13.8 Å². The number of aromatic amines is 1. The van der Waals surface area contributed by atoms with Gasteiger partial charge in [0, 0.05) is 18.5 Å². The maximum atomic E-state index is 13.1. The molecule has 0 atom stereocenters. The molecule has 17 heavy (non-hydrogen) atoms. The second-order valence-electron chi connectivity index (χ2n) is 4.20. The Morgan fingerprint density at radius 3 is 2.88 bits per heavy atom. The minimum Gasteiger partial charge on any atom is -0.339 e. The zero-order valence-corrected chi connectivity index (χ0v) is 10.6. The molecule has 92 valence electrons. The van der Waals surface area contributed by atoms with Crippen molar-refractivity contribution < 1.29 is 4.39 Å². The first-order chi connectivity index (χ1) is 8.11. The molecule has 0 saturated carbocycles. The number of anilines is 1. The third-order valence-corrected chi connectivity index (χ3v) is 2.82. The highest BCUT2D eigenvalue weighted by molar-refractivity contribution is 6.18. The molecule has 1 heterocycles. The second kappa shape index (κ2) is 4.92. The number of nitrogens with zero attached hydrogens (tertiary/aromatic N) is 2. The van der Waals surface area contributed by atoms with E-state index in [0.717, 1.165) is 11.5 Å². The van der Waals surface area contributed by atoms with Crippen molar-refractivity contribution in [1.82, 2.24) is 9.97 Å². The number of aromatic nitrogens is 2. The Kier molecular flexibility index (Phi) is 3.52. The van der Waals surface area contributed by atoms with Gasteiger partial charge in [-0.25, -0.2) is 9.37 Å². The summed E-state index contributed by atoms with van der Waals surface area (Å²) in [5.74, 6) is 1.01. The molecule has 0 spiro atoms. The molecule has 0 aliphatic rings. The Morgan fingerprint density at radius 2 is 2.24 bits per heavy atom. The van der Waals surface area contributed by atoms with Crippen LogP contribution in [0.3, 0.4) is 0 Å². The first kappa shape index (κ1) is 12.2. The number of hydrogen-bond donors (Lipinski definition) is 1. The fourth-order valence-corrected chi connectivity index (χ4v) is 1.99. The van der Waals surface area contributed by atoms with Gasteiger partial charge in [-0.15, -0.1) is 11.6 Å². The number of H-pyrrole nitrogens is 1. The summed E-state index contributed by atoms with van der Waals surface area (Å²) >= 11 is 5.77. The van der Waals surface area contributed by atoms with Crippen molar-refractivity contribution in [2.75, 3.05) is 17.3 Å². The topological polar surface area (TPSA) is 31.9 Å². The van der Waals surface area contributed by atoms with Crippen molar-refractivity contribution in [2.24, 2.45) is 0 Å². The maximum Gasteiger partial charge on any atom is 0.204 e. The molecule has 5 heteroatoms. The largest absolute Gasteiger partial charge is 0.339 e. The Balaban J connectivity index is 2.40. The number of imidazole rings is 1. The lowest BCUT2D eigenvalue weighted by molar-refractivity contribution is 0.629. The molecule has 0 unspecified atom stereocenters. The number of halogens is 2. The monoisotopic (exact) mass is 255 g/mol. The first-order valence-electron chi connectivity index (χ1n) is 5.59. The van der Waals surface area contributed by atoms with Gasteiger partial charge >= 0.3 is 0 Å². The van der Waals surface area contributed by atoms with Crippen LogP contribution in [0.2, 0.25) is 0 Å². The van der Waals surface area contributed by atoms with Gasteiger partial charge in [0.05, 0.1) is 11.0 Å². The van der Waals surface area contributed by atoms with Crippen molar-refractivity contribution in [1.29, 1.82) is 0 Å². The Morgan fingerprint density at radius 1 is 1.47 bits per heavy atom. The maximum absolute atomic E-state index is 13.1. The fraction of sp³-hybridized carbons (Fsp3) is 0.417. The van der Waals surface area contributed by atoms with Crippen molar-refractivity contribution in [3.05, 3.63) is 24.0 Å². The highest BCUT2D eigenvalue weighted by atomic mass is 35.5. The normalized spacial score (nSPS) is 11.4. The van der Waals surface area contributed by atoms with E-state index >= 15 is 0 Å². The standard InChI is InChI=1S/C12H15ClFN3/c1-8(2)17(6-5-13)12-15-10-4-3-9(14)7-11(10)16-12/h3-4,7-8H,5-6H2,1-2H3,(H,15,16). The van der Waals surface area contributed by atoms with Crippen LogP contribution in [0.25, 0.3) is 11.0 Å². The number of hydrogen-bond acceptors (Lipinski definition) is 2. The van der Waals surface area contributed by atoms with E-state index in [2.05, 4.69) is 28.7 Å². The van der Waals surface area contributed by atoms with Crippen LogP contribution in [-0.4, -0.2) is 28.4 Å². The number of fused-ring (bicyclic) bond motifs is 1. The van der Waals surface area contributed by atoms with E-state index in [4.69, 9.17) is 11.6 Å². The Bertz CT molecular complexity index is 509. The van der Waals surface area contributed by atoms with Gasteiger partial charge in [0.15, 0.2) is 0 Å². The zero-order valence-electron chi connectivity index (χ0n) is 9.87. The molecular formula is C12H15ClFN3. The van der Waals surface area contributed by atoms with Gasteiger partial charge in [-0.3, -0.25) is 0 Å². The van der Waals surface area contributed by atoms with Crippen molar-refractivity contribution in [3.8, 4) is 0 Å². The van der Waals surface area contributed by atoms with E-state index in [1.54, 1.807) is 6.07 Å². The molecule has 1 N–H and O–H groups in total. The van der Waals surface area contributed by atoms with E-state index in [1.807, 2.05) is 0 Å². The highest BCUT2D eigenvalue weighted by Gasteiger charge is 2.14. The van der Waals surface area contributed by atoms with Gasteiger partial charge in [0.2, 0.25) is 5.95 Å². The minimum atomic E-state index is -0.263. The minimum absolute atomic E-state index is 0.263. The van der Waals surface area contributed by atoms with Crippen molar-refractivity contribution >= 4 is 28.6 Å². The lowest BCUT2D eigenvalue weighted by Crippen LogP contribution is -2.33. The molecule has 3 nitrogen and oxygen atoms in total. The van der Waals surface area contributed by atoms with E-state index in [-0.39, 0.29) is 5.82 Å². The predicted molar refractivity (Wildman–Crippen MR) is 69.3 cm³/mol. The lowest BCUT2D eigenvalue weighted by atomic mass is 10.3. The van der Waals surface area contributed by atoms with Gasteiger partial charge in [-0.05, 0) is 32.0 Å². The van der Waals surface area contributed by atoms with Gasteiger partial charge in [-0.1, -0.05) is 0 Å². The predicted octanol–water partition coefficient (Wildman–Crippen LogP) is 3.16. The fourth-order valence-electron chi connectivity index (χ4n) is 1.80. The molecular weight excluding hydrogens is 241 g/mol. The third-order valence-electron chi connectivity index (χ3n) is 2.65. The van der Waals surface area contributed by atoms with E-state index in [0.29, 0.717) is 24.0 Å². The number of rotatable bonds is 4. The third kappa shape index (κ3) is 2.52.